The second-order valence-corrected chi connectivity index (χ2v) is 7.83. The van der Waals surface area contributed by atoms with Gasteiger partial charge >= 0.3 is 0 Å². The summed E-state index contributed by atoms with van der Waals surface area (Å²) in [7, 11) is 0. The van der Waals surface area contributed by atoms with Crippen molar-refractivity contribution in [3.05, 3.63) is 93.8 Å². The number of ether oxygens (including phenoxy) is 1. The highest BCUT2D eigenvalue weighted by Crippen LogP contribution is 2.48. The largest absolute Gasteiger partial charge is 0.464 e. The molecule has 2 atom stereocenters. The molecule has 28 heavy (non-hydrogen) atoms. The van der Waals surface area contributed by atoms with Crippen molar-refractivity contribution in [1.29, 1.82) is 0 Å². The van der Waals surface area contributed by atoms with Gasteiger partial charge in [0.15, 0.2) is 0 Å². The van der Waals surface area contributed by atoms with Crippen molar-refractivity contribution in [3.63, 3.8) is 0 Å². The van der Waals surface area contributed by atoms with E-state index >= 15 is 0 Å². The van der Waals surface area contributed by atoms with E-state index in [1.165, 1.54) is 16.7 Å². The molecule has 3 aromatic rings. The summed E-state index contributed by atoms with van der Waals surface area (Å²) in [5.74, 6) is 0.866. The van der Waals surface area contributed by atoms with Crippen molar-refractivity contribution in [2.24, 2.45) is 5.10 Å². The SMILES string of the molecule is Cc1ccc(C)c(C2=NN3[C@H](C2)c2cc(Cl)ccc2O[C@@H]3c2ccncc2)c1. The van der Waals surface area contributed by atoms with Crippen LogP contribution in [0, 0.1) is 13.8 Å². The molecule has 140 valence electrons. The monoisotopic (exact) mass is 389 g/mol. The zero-order chi connectivity index (χ0) is 19.3. The number of aryl methyl sites for hydroxylation is 2. The molecular formula is C23H20ClN3O. The lowest BCUT2D eigenvalue weighted by molar-refractivity contribution is -0.0190. The number of hydrazone groups is 1. The van der Waals surface area contributed by atoms with Crippen molar-refractivity contribution in [2.75, 3.05) is 0 Å². The molecule has 0 fully saturated rings. The number of fused-ring (bicyclic) bond motifs is 3. The van der Waals surface area contributed by atoms with E-state index in [1.807, 2.05) is 30.3 Å². The Morgan fingerprint density at radius 3 is 2.68 bits per heavy atom. The van der Waals surface area contributed by atoms with Gasteiger partial charge in [0.25, 0.3) is 0 Å². The predicted octanol–water partition coefficient (Wildman–Crippen LogP) is 5.59. The third-order valence-electron chi connectivity index (χ3n) is 5.45. The van der Waals surface area contributed by atoms with Gasteiger partial charge < -0.3 is 4.74 Å². The van der Waals surface area contributed by atoms with Gasteiger partial charge in [-0.3, -0.25) is 4.98 Å². The van der Waals surface area contributed by atoms with Crippen LogP contribution in [0.5, 0.6) is 5.75 Å². The minimum absolute atomic E-state index is 0.0931. The molecule has 0 spiro atoms. The molecule has 0 saturated heterocycles. The molecule has 4 nitrogen and oxygen atoms in total. The van der Waals surface area contributed by atoms with Crippen LogP contribution in [-0.4, -0.2) is 15.7 Å². The summed E-state index contributed by atoms with van der Waals surface area (Å²) in [5, 5.41) is 7.82. The molecule has 0 aliphatic carbocycles. The smallest absolute Gasteiger partial charge is 0.213 e. The summed E-state index contributed by atoms with van der Waals surface area (Å²) < 4.78 is 6.36. The van der Waals surface area contributed by atoms with Gasteiger partial charge in [0.2, 0.25) is 6.23 Å². The van der Waals surface area contributed by atoms with Crippen LogP contribution in [0.4, 0.5) is 0 Å². The van der Waals surface area contributed by atoms with Gasteiger partial charge in [-0.2, -0.15) is 5.10 Å². The molecule has 5 rings (SSSR count). The number of halogens is 1. The summed E-state index contributed by atoms with van der Waals surface area (Å²) in [4.78, 5) is 4.14. The lowest BCUT2D eigenvalue weighted by Gasteiger charge is -2.38. The summed E-state index contributed by atoms with van der Waals surface area (Å²) in [5.41, 5.74) is 6.87. The summed E-state index contributed by atoms with van der Waals surface area (Å²) in [6, 6.07) is 16.4. The Bertz CT molecular complexity index is 1080. The Morgan fingerprint density at radius 2 is 1.86 bits per heavy atom. The van der Waals surface area contributed by atoms with Crippen LogP contribution >= 0.6 is 11.6 Å². The average Bonchev–Trinajstić information content (AvgIpc) is 3.15. The molecule has 2 aromatic carbocycles. The second-order valence-electron chi connectivity index (χ2n) is 7.40. The first-order chi connectivity index (χ1) is 13.6. The number of nitrogens with zero attached hydrogens (tertiary/aromatic N) is 3. The normalized spacial score (nSPS) is 20.2. The molecule has 0 bridgehead atoms. The lowest BCUT2D eigenvalue weighted by atomic mass is 9.93. The van der Waals surface area contributed by atoms with E-state index in [1.54, 1.807) is 12.4 Å². The van der Waals surface area contributed by atoms with Crippen molar-refractivity contribution in [3.8, 4) is 5.75 Å². The second kappa shape index (κ2) is 6.64. The minimum Gasteiger partial charge on any atom is -0.464 e. The fraction of sp³-hybridized carbons (Fsp3) is 0.217. The Balaban J connectivity index is 1.63. The Morgan fingerprint density at radius 1 is 1.04 bits per heavy atom. The van der Waals surface area contributed by atoms with E-state index in [2.05, 4.69) is 42.0 Å². The number of aromatic nitrogens is 1. The molecule has 2 aliphatic heterocycles. The van der Waals surface area contributed by atoms with Crippen molar-refractivity contribution in [2.45, 2.75) is 32.5 Å². The zero-order valence-electron chi connectivity index (χ0n) is 15.8. The molecule has 0 amide bonds. The molecule has 0 N–H and O–H groups in total. The van der Waals surface area contributed by atoms with Crippen LogP contribution in [0.3, 0.4) is 0 Å². The molecular weight excluding hydrogens is 370 g/mol. The van der Waals surface area contributed by atoms with Gasteiger partial charge in [0.1, 0.15) is 5.75 Å². The van der Waals surface area contributed by atoms with E-state index in [9.17, 15) is 0 Å². The molecule has 5 heteroatoms. The average molecular weight is 390 g/mol. The lowest BCUT2D eigenvalue weighted by Crippen LogP contribution is -2.33. The third kappa shape index (κ3) is 2.85. The minimum atomic E-state index is -0.288. The van der Waals surface area contributed by atoms with Crippen molar-refractivity contribution < 1.29 is 4.74 Å². The van der Waals surface area contributed by atoms with E-state index in [-0.39, 0.29) is 12.3 Å². The Hall–Kier alpha value is -2.85. The van der Waals surface area contributed by atoms with Gasteiger partial charge in [-0.1, -0.05) is 29.3 Å². The van der Waals surface area contributed by atoms with E-state index < -0.39 is 0 Å². The van der Waals surface area contributed by atoms with Crippen LogP contribution in [0.15, 0.2) is 66.0 Å². The highest BCUT2D eigenvalue weighted by Gasteiger charge is 2.41. The van der Waals surface area contributed by atoms with Gasteiger partial charge in [-0.05, 0) is 55.8 Å². The fourth-order valence-electron chi connectivity index (χ4n) is 4.02. The van der Waals surface area contributed by atoms with E-state index in [4.69, 9.17) is 21.4 Å². The number of rotatable bonds is 2. The molecule has 0 unspecified atom stereocenters. The van der Waals surface area contributed by atoms with Gasteiger partial charge in [-0.25, -0.2) is 5.01 Å². The van der Waals surface area contributed by atoms with Crippen LogP contribution < -0.4 is 4.74 Å². The van der Waals surface area contributed by atoms with Crippen molar-refractivity contribution in [1.82, 2.24) is 9.99 Å². The fourth-order valence-corrected chi connectivity index (χ4v) is 4.20. The maximum atomic E-state index is 6.36. The van der Waals surface area contributed by atoms with Crippen LogP contribution in [0.1, 0.15) is 46.5 Å². The maximum absolute atomic E-state index is 6.36. The highest BCUT2D eigenvalue weighted by molar-refractivity contribution is 6.30. The first-order valence-corrected chi connectivity index (χ1v) is 9.77. The first-order valence-electron chi connectivity index (χ1n) is 9.39. The topological polar surface area (TPSA) is 37.7 Å². The molecule has 1 aromatic heterocycles. The van der Waals surface area contributed by atoms with Gasteiger partial charge in [0, 0.05) is 40.5 Å². The third-order valence-corrected chi connectivity index (χ3v) is 5.68. The summed E-state index contributed by atoms with van der Waals surface area (Å²) in [6.07, 6.45) is 4.11. The number of benzene rings is 2. The molecule has 0 saturated carbocycles. The summed E-state index contributed by atoms with van der Waals surface area (Å²) >= 11 is 6.30. The standard InChI is InChI=1S/C23H20ClN3O/c1-14-3-4-15(2)18(11-14)20-13-21-19-12-17(24)5-6-22(19)28-23(27(21)26-20)16-7-9-25-10-8-16/h3-12,21,23H,13H2,1-2H3/t21-,23-/m1/s1. The molecule has 3 heterocycles. The quantitative estimate of drug-likeness (QED) is 0.573. The zero-order valence-corrected chi connectivity index (χ0v) is 16.5. The predicted molar refractivity (Wildman–Crippen MR) is 111 cm³/mol. The van der Waals surface area contributed by atoms with Crippen LogP contribution in [0.2, 0.25) is 5.02 Å². The van der Waals surface area contributed by atoms with Crippen LogP contribution in [-0.2, 0) is 0 Å². The van der Waals surface area contributed by atoms with Crippen LogP contribution in [0.25, 0.3) is 0 Å². The van der Waals surface area contributed by atoms with E-state index in [0.717, 1.165) is 29.0 Å². The number of hydrogen-bond donors (Lipinski definition) is 0. The molecule has 0 radical (unpaired) electrons. The maximum Gasteiger partial charge on any atom is 0.213 e. The first kappa shape index (κ1) is 17.3. The Kier molecular flexibility index (Phi) is 4.09. The number of pyridine rings is 1. The highest BCUT2D eigenvalue weighted by atomic mass is 35.5. The van der Waals surface area contributed by atoms with Gasteiger partial charge in [-0.15, -0.1) is 0 Å². The Labute approximate surface area is 169 Å². The van der Waals surface area contributed by atoms with Crippen molar-refractivity contribution >= 4 is 17.3 Å². The number of hydrogen-bond acceptors (Lipinski definition) is 4. The van der Waals surface area contributed by atoms with Gasteiger partial charge in [0.05, 0.1) is 11.8 Å². The van der Waals surface area contributed by atoms with E-state index in [0.29, 0.717) is 5.02 Å². The molecule has 2 aliphatic rings. The summed E-state index contributed by atoms with van der Waals surface area (Å²) in [6.45, 7) is 4.25.